The second-order valence-corrected chi connectivity index (χ2v) is 6.05. The zero-order valence-corrected chi connectivity index (χ0v) is 13.6. The maximum atomic E-state index is 12.2. The summed E-state index contributed by atoms with van der Waals surface area (Å²) in [7, 11) is 0. The molecule has 1 heterocycles. The number of amides is 1. The van der Waals surface area contributed by atoms with Crippen LogP contribution in [0.5, 0.6) is 0 Å². The third-order valence-corrected chi connectivity index (χ3v) is 4.12. The Morgan fingerprint density at radius 1 is 1.39 bits per heavy atom. The third-order valence-electron chi connectivity index (χ3n) is 3.90. The quantitative estimate of drug-likeness (QED) is 0.674. The summed E-state index contributed by atoms with van der Waals surface area (Å²) >= 11 is 5.65. The van der Waals surface area contributed by atoms with Crippen LogP contribution < -0.4 is 5.32 Å². The molecule has 1 fully saturated rings. The molecular formula is C16H18ClN3O3. The lowest BCUT2D eigenvalue weighted by atomic mass is 9.83. The fourth-order valence-electron chi connectivity index (χ4n) is 2.54. The van der Waals surface area contributed by atoms with E-state index in [0.29, 0.717) is 12.8 Å². The molecule has 1 aromatic rings. The van der Waals surface area contributed by atoms with Gasteiger partial charge in [0.1, 0.15) is 10.7 Å². The molecular weight excluding hydrogens is 318 g/mol. The van der Waals surface area contributed by atoms with Crippen molar-refractivity contribution in [3.63, 3.8) is 0 Å². The highest BCUT2D eigenvalue weighted by molar-refractivity contribution is 6.29. The second-order valence-electron chi connectivity index (χ2n) is 5.66. The van der Waals surface area contributed by atoms with E-state index >= 15 is 0 Å². The highest BCUT2D eigenvalue weighted by atomic mass is 35.5. The van der Waals surface area contributed by atoms with Crippen LogP contribution >= 0.6 is 11.6 Å². The van der Waals surface area contributed by atoms with Crippen molar-refractivity contribution in [2.24, 2.45) is 0 Å². The first-order valence-corrected chi connectivity index (χ1v) is 7.89. The molecule has 1 aliphatic carbocycles. The molecule has 6 nitrogen and oxygen atoms in total. The lowest BCUT2D eigenvalue weighted by molar-refractivity contribution is -0.130. The lowest BCUT2D eigenvalue weighted by Gasteiger charge is -2.32. The average Bonchev–Trinajstić information content (AvgIpc) is 2.56. The molecule has 1 saturated carbocycles. The van der Waals surface area contributed by atoms with Gasteiger partial charge >= 0.3 is 5.97 Å². The van der Waals surface area contributed by atoms with Gasteiger partial charge in [-0.3, -0.25) is 4.79 Å². The number of ether oxygens (including phenoxy) is 1. The van der Waals surface area contributed by atoms with Gasteiger partial charge in [0, 0.05) is 6.20 Å². The fraction of sp³-hybridized carbons (Fsp3) is 0.500. The third kappa shape index (κ3) is 4.42. The summed E-state index contributed by atoms with van der Waals surface area (Å²) in [6.07, 6.45) is 4.40. The Morgan fingerprint density at radius 3 is 2.65 bits per heavy atom. The molecule has 1 atom stereocenters. The molecule has 2 rings (SSSR count). The number of nitrogens with zero attached hydrogens (tertiary/aromatic N) is 2. The molecule has 23 heavy (non-hydrogen) atoms. The predicted octanol–water partition coefficient (Wildman–Crippen LogP) is 2.62. The number of carbonyl (C=O) groups is 2. The molecule has 1 aliphatic rings. The summed E-state index contributed by atoms with van der Waals surface area (Å²) in [6.45, 7) is 1.48. The first-order chi connectivity index (χ1) is 11.0. The van der Waals surface area contributed by atoms with Crippen LogP contribution in [-0.2, 0) is 9.53 Å². The molecule has 0 bridgehead atoms. The standard InChI is InChI=1S/C16H18ClN3O3/c1-11(23-15(22)12-5-6-13(17)19-9-12)14(21)20-16(10-18)7-3-2-4-8-16/h5-6,9,11H,2-4,7-8H2,1H3,(H,20,21)/t11-/m0/s1. The van der Waals surface area contributed by atoms with E-state index in [1.54, 1.807) is 0 Å². The maximum absolute atomic E-state index is 12.2. The Labute approximate surface area is 139 Å². The van der Waals surface area contributed by atoms with Crippen LogP contribution in [0.2, 0.25) is 5.15 Å². The molecule has 0 radical (unpaired) electrons. The molecule has 122 valence electrons. The van der Waals surface area contributed by atoms with Crippen molar-refractivity contribution in [1.29, 1.82) is 5.26 Å². The zero-order chi connectivity index (χ0) is 16.9. The summed E-state index contributed by atoms with van der Waals surface area (Å²) in [5, 5.41) is 12.4. The van der Waals surface area contributed by atoms with Gasteiger partial charge < -0.3 is 10.1 Å². The van der Waals surface area contributed by atoms with E-state index in [1.807, 2.05) is 0 Å². The average molecular weight is 336 g/mol. The number of hydrogen-bond acceptors (Lipinski definition) is 5. The van der Waals surface area contributed by atoms with E-state index in [2.05, 4.69) is 16.4 Å². The normalized spacial score (nSPS) is 17.6. The Kier molecular flexibility index (Phi) is 5.56. The van der Waals surface area contributed by atoms with Gasteiger partial charge in [0.2, 0.25) is 0 Å². The number of nitriles is 1. The molecule has 1 N–H and O–H groups in total. The Bertz CT molecular complexity index is 618. The first-order valence-electron chi connectivity index (χ1n) is 7.51. The highest BCUT2D eigenvalue weighted by Gasteiger charge is 2.35. The van der Waals surface area contributed by atoms with Gasteiger partial charge in [-0.05, 0) is 31.9 Å². The maximum Gasteiger partial charge on any atom is 0.340 e. The molecule has 0 aromatic carbocycles. The van der Waals surface area contributed by atoms with Gasteiger partial charge in [0.05, 0.1) is 11.6 Å². The number of hydrogen-bond donors (Lipinski definition) is 1. The van der Waals surface area contributed by atoms with E-state index in [9.17, 15) is 14.9 Å². The fourth-order valence-corrected chi connectivity index (χ4v) is 2.65. The van der Waals surface area contributed by atoms with Gasteiger partial charge in [-0.25, -0.2) is 9.78 Å². The number of carbonyl (C=O) groups excluding carboxylic acids is 2. The van der Waals surface area contributed by atoms with Crippen LogP contribution in [-0.4, -0.2) is 28.5 Å². The number of nitrogens with one attached hydrogen (secondary N) is 1. The number of rotatable bonds is 4. The van der Waals surface area contributed by atoms with Crippen molar-refractivity contribution in [3.8, 4) is 6.07 Å². The summed E-state index contributed by atoms with van der Waals surface area (Å²) in [5.74, 6) is -1.13. The molecule has 0 spiro atoms. The predicted molar refractivity (Wildman–Crippen MR) is 83.7 cm³/mol. The van der Waals surface area contributed by atoms with Crippen LogP contribution in [0.25, 0.3) is 0 Å². The SMILES string of the molecule is C[C@H](OC(=O)c1ccc(Cl)nc1)C(=O)NC1(C#N)CCCCC1. The van der Waals surface area contributed by atoms with Crippen molar-refractivity contribution in [2.75, 3.05) is 0 Å². The van der Waals surface area contributed by atoms with Crippen LogP contribution in [0.1, 0.15) is 49.4 Å². The first kappa shape index (κ1) is 17.2. The van der Waals surface area contributed by atoms with Crippen molar-refractivity contribution >= 4 is 23.5 Å². The highest BCUT2D eigenvalue weighted by Crippen LogP contribution is 2.27. The van der Waals surface area contributed by atoms with Crippen LogP contribution in [0.4, 0.5) is 0 Å². The molecule has 0 unspecified atom stereocenters. The largest absolute Gasteiger partial charge is 0.449 e. The molecule has 0 aliphatic heterocycles. The molecule has 7 heteroatoms. The van der Waals surface area contributed by atoms with Gasteiger partial charge in [-0.1, -0.05) is 30.9 Å². The topological polar surface area (TPSA) is 92.1 Å². The van der Waals surface area contributed by atoms with Crippen molar-refractivity contribution in [3.05, 3.63) is 29.0 Å². The van der Waals surface area contributed by atoms with Gasteiger partial charge in [-0.15, -0.1) is 0 Å². The van der Waals surface area contributed by atoms with Gasteiger partial charge in [0.15, 0.2) is 6.10 Å². The van der Waals surface area contributed by atoms with Crippen LogP contribution in [0, 0.1) is 11.3 Å². The molecule has 1 aromatic heterocycles. The number of halogens is 1. The minimum absolute atomic E-state index is 0.210. The van der Waals surface area contributed by atoms with E-state index in [-0.39, 0.29) is 10.7 Å². The Morgan fingerprint density at radius 2 is 2.09 bits per heavy atom. The Balaban J connectivity index is 1.95. The summed E-state index contributed by atoms with van der Waals surface area (Å²) in [4.78, 5) is 28.0. The van der Waals surface area contributed by atoms with E-state index in [0.717, 1.165) is 19.3 Å². The van der Waals surface area contributed by atoms with E-state index in [1.165, 1.54) is 25.3 Å². The second kappa shape index (κ2) is 7.42. The summed E-state index contributed by atoms with van der Waals surface area (Å²) in [5.41, 5.74) is -0.639. The smallest absolute Gasteiger partial charge is 0.340 e. The lowest BCUT2D eigenvalue weighted by Crippen LogP contribution is -2.52. The summed E-state index contributed by atoms with van der Waals surface area (Å²) in [6, 6.07) is 5.14. The number of pyridine rings is 1. The summed E-state index contributed by atoms with van der Waals surface area (Å²) < 4.78 is 5.13. The molecule has 0 saturated heterocycles. The van der Waals surface area contributed by atoms with Crippen molar-refractivity contribution in [1.82, 2.24) is 10.3 Å². The van der Waals surface area contributed by atoms with E-state index in [4.69, 9.17) is 16.3 Å². The van der Waals surface area contributed by atoms with Gasteiger partial charge in [0.25, 0.3) is 5.91 Å². The monoisotopic (exact) mass is 335 g/mol. The number of esters is 1. The zero-order valence-electron chi connectivity index (χ0n) is 12.8. The number of aromatic nitrogens is 1. The minimum Gasteiger partial charge on any atom is -0.449 e. The van der Waals surface area contributed by atoms with Crippen LogP contribution in [0.3, 0.4) is 0 Å². The molecule has 1 amide bonds. The van der Waals surface area contributed by atoms with Gasteiger partial charge in [-0.2, -0.15) is 5.26 Å². The minimum atomic E-state index is -0.995. The van der Waals surface area contributed by atoms with Crippen LogP contribution in [0.15, 0.2) is 18.3 Å². The van der Waals surface area contributed by atoms with E-state index < -0.39 is 23.5 Å². The Hall–Kier alpha value is -2.13. The van der Waals surface area contributed by atoms with Crippen molar-refractivity contribution < 1.29 is 14.3 Å². The van der Waals surface area contributed by atoms with Crippen molar-refractivity contribution in [2.45, 2.75) is 50.7 Å².